The molecule has 0 unspecified atom stereocenters. The number of aromatic nitrogens is 2. The summed E-state index contributed by atoms with van der Waals surface area (Å²) in [5.41, 5.74) is 0.345. The van der Waals surface area contributed by atoms with Gasteiger partial charge in [0, 0.05) is 27.2 Å². The third-order valence-electron chi connectivity index (χ3n) is 1.80. The zero-order chi connectivity index (χ0) is 10.7. The first-order valence-corrected chi connectivity index (χ1v) is 4.44. The van der Waals surface area contributed by atoms with Crippen molar-refractivity contribution in [3.63, 3.8) is 0 Å². The Morgan fingerprint density at radius 1 is 1.64 bits per heavy atom. The highest BCUT2D eigenvalue weighted by atomic mass is 16.5. The maximum Gasteiger partial charge on any atom is 0.358 e. The average Bonchev–Trinajstić information content (AvgIpc) is 2.48. The highest BCUT2D eigenvalue weighted by molar-refractivity contribution is 5.88. The molecule has 0 saturated heterocycles. The van der Waals surface area contributed by atoms with Gasteiger partial charge in [0.15, 0.2) is 5.69 Å². The first-order chi connectivity index (χ1) is 6.56. The predicted octanol–water partition coefficient (Wildman–Crippen LogP) is 0.663. The summed E-state index contributed by atoms with van der Waals surface area (Å²) in [4.78, 5) is 13.2. The molecule has 0 atom stereocenters. The fraction of sp³-hybridized carbons (Fsp3) is 0.556. The Bertz CT molecular complexity index is 331. The van der Waals surface area contributed by atoms with Crippen molar-refractivity contribution in [2.24, 2.45) is 7.05 Å². The van der Waals surface area contributed by atoms with E-state index in [1.165, 1.54) is 0 Å². The zero-order valence-corrected chi connectivity index (χ0v) is 8.94. The van der Waals surface area contributed by atoms with Crippen LogP contribution < -0.4 is 4.90 Å². The quantitative estimate of drug-likeness (QED) is 0.668. The van der Waals surface area contributed by atoms with Crippen LogP contribution in [0.5, 0.6) is 0 Å². The molecule has 0 aliphatic carbocycles. The van der Waals surface area contributed by atoms with E-state index in [1.807, 2.05) is 19.0 Å². The van der Waals surface area contributed by atoms with Gasteiger partial charge in [-0.3, -0.25) is 4.68 Å². The summed E-state index contributed by atoms with van der Waals surface area (Å²) in [5, 5.41) is 4.05. The van der Waals surface area contributed by atoms with Crippen LogP contribution in [0.3, 0.4) is 0 Å². The standard InChI is InChI=1S/C9H15N3O2/c1-5-14-9(13)7-6-8(11(2)3)12(4)10-7/h6H,5H2,1-4H3. The topological polar surface area (TPSA) is 47.4 Å². The van der Waals surface area contributed by atoms with Crippen molar-refractivity contribution in [3.8, 4) is 0 Å². The molecule has 0 aromatic carbocycles. The molecule has 1 rings (SSSR count). The van der Waals surface area contributed by atoms with Gasteiger partial charge < -0.3 is 9.64 Å². The number of aryl methyl sites for hydroxylation is 1. The molecular weight excluding hydrogens is 182 g/mol. The fourth-order valence-electron chi connectivity index (χ4n) is 1.18. The van der Waals surface area contributed by atoms with Crippen LogP contribution in [0.2, 0.25) is 0 Å². The molecule has 5 nitrogen and oxygen atoms in total. The van der Waals surface area contributed by atoms with Crippen LogP contribution in [-0.4, -0.2) is 36.5 Å². The first kappa shape index (κ1) is 10.6. The SMILES string of the molecule is CCOC(=O)c1cc(N(C)C)n(C)n1. The van der Waals surface area contributed by atoms with E-state index in [9.17, 15) is 4.79 Å². The molecule has 0 aliphatic heterocycles. The van der Waals surface area contributed by atoms with Crippen LogP contribution in [0.4, 0.5) is 5.82 Å². The minimum atomic E-state index is -0.379. The predicted molar refractivity (Wildman–Crippen MR) is 53.5 cm³/mol. The number of rotatable bonds is 3. The van der Waals surface area contributed by atoms with Gasteiger partial charge in [-0.15, -0.1) is 0 Å². The summed E-state index contributed by atoms with van der Waals surface area (Å²) in [6, 6.07) is 1.71. The molecular formula is C9H15N3O2. The third kappa shape index (κ3) is 2.04. The Kier molecular flexibility index (Phi) is 3.11. The number of nitrogens with zero attached hydrogens (tertiary/aromatic N) is 3. The molecule has 0 bridgehead atoms. The Labute approximate surface area is 83.3 Å². The molecule has 1 heterocycles. The second-order valence-corrected chi connectivity index (χ2v) is 3.13. The number of hydrogen-bond donors (Lipinski definition) is 0. The molecule has 1 aromatic heterocycles. The monoisotopic (exact) mass is 197 g/mol. The van der Waals surface area contributed by atoms with Gasteiger partial charge in [0.25, 0.3) is 0 Å². The normalized spacial score (nSPS) is 10.0. The second kappa shape index (κ2) is 4.13. The van der Waals surface area contributed by atoms with Gasteiger partial charge in [-0.1, -0.05) is 0 Å². The Balaban J connectivity index is 2.90. The summed E-state index contributed by atoms with van der Waals surface area (Å²) in [6.07, 6.45) is 0. The fourth-order valence-corrected chi connectivity index (χ4v) is 1.18. The van der Waals surface area contributed by atoms with Gasteiger partial charge in [-0.25, -0.2) is 4.79 Å². The summed E-state index contributed by atoms with van der Waals surface area (Å²) in [7, 11) is 5.58. The van der Waals surface area contributed by atoms with Crippen molar-refractivity contribution in [3.05, 3.63) is 11.8 Å². The van der Waals surface area contributed by atoms with Crippen molar-refractivity contribution in [1.29, 1.82) is 0 Å². The highest BCUT2D eigenvalue weighted by Gasteiger charge is 2.14. The minimum absolute atomic E-state index is 0.345. The van der Waals surface area contributed by atoms with Crippen LogP contribution in [0.15, 0.2) is 6.07 Å². The van der Waals surface area contributed by atoms with Gasteiger partial charge in [0.2, 0.25) is 0 Å². The molecule has 0 N–H and O–H groups in total. The van der Waals surface area contributed by atoms with E-state index in [2.05, 4.69) is 5.10 Å². The Hall–Kier alpha value is -1.52. The van der Waals surface area contributed by atoms with E-state index in [1.54, 1.807) is 24.7 Å². The van der Waals surface area contributed by atoms with Crippen LogP contribution in [0.25, 0.3) is 0 Å². The van der Waals surface area contributed by atoms with Gasteiger partial charge in [0.1, 0.15) is 5.82 Å². The molecule has 78 valence electrons. The van der Waals surface area contributed by atoms with E-state index < -0.39 is 0 Å². The van der Waals surface area contributed by atoms with Crippen molar-refractivity contribution in [1.82, 2.24) is 9.78 Å². The Morgan fingerprint density at radius 3 is 2.71 bits per heavy atom. The molecule has 1 aromatic rings. The van der Waals surface area contributed by atoms with E-state index in [-0.39, 0.29) is 5.97 Å². The molecule has 0 amide bonds. The maximum atomic E-state index is 11.3. The van der Waals surface area contributed by atoms with Crippen molar-refractivity contribution >= 4 is 11.8 Å². The Morgan fingerprint density at radius 2 is 2.29 bits per heavy atom. The summed E-state index contributed by atoms with van der Waals surface area (Å²) >= 11 is 0. The van der Waals surface area contributed by atoms with Gasteiger partial charge in [-0.05, 0) is 6.92 Å². The van der Waals surface area contributed by atoms with E-state index in [4.69, 9.17) is 4.74 Å². The summed E-state index contributed by atoms with van der Waals surface area (Å²) in [6.45, 7) is 2.14. The number of carbonyl (C=O) groups is 1. The van der Waals surface area contributed by atoms with Crippen LogP contribution in [0, 0.1) is 0 Å². The highest BCUT2D eigenvalue weighted by Crippen LogP contribution is 2.12. The van der Waals surface area contributed by atoms with Crippen LogP contribution in [-0.2, 0) is 11.8 Å². The molecule has 0 fully saturated rings. The first-order valence-electron chi connectivity index (χ1n) is 4.44. The van der Waals surface area contributed by atoms with Crippen LogP contribution >= 0.6 is 0 Å². The molecule has 0 radical (unpaired) electrons. The lowest BCUT2D eigenvalue weighted by Crippen LogP contribution is -2.12. The largest absolute Gasteiger partial charge is 0.461 e. The number of esters is 1. The lowest BCUT2D eigenvalue weighted by Gasteiger charge is -2.10. The maximum absolute atomic E-state index is 11.3. The molecule has 0 saturated carbocycles. The summed E-state index contributed by atoms with van der Waals surface area (Å²) in [5.74, 6) is 0.490. The molecule has 0 spiro atoms. The second-order valence-electron chi connectivity index (χ2n) is 3.13. The van der Waals surface area contributed by atoms with Crippen molar-refractivity contribution in [2.75, 3.05) is 25.6 Å². The van der Waals surface area contributed by atoms with E-state index in [0.717, 1.165) is 5.82 Å². The number of carbonyl (C=O) groups excluding carboxylic acids is 1. The van der Waals surface area contributed by atoms with Crippen LogP contribution in [0.1, 0.15) is 17.4 Å². The summed E-state index contributed by atoms with van der Waals surface area (Å²) < 4.78 is 6.49. The zero-order valence-electron chi connectivity index (χ0n) is 8.94. The minimum Gasteiger partial charge on any atom is -0.461 e. The van der Waals surface area contributed by atoms with Gasteiger partial charge in [-0.2, -0.15) is 5.10 Å². The third-order valence-corrected chi connectivity index (χ3v) is 1.80. The lowest BCUT2D eigenvalue weighted by molar-refractivity contribution is 0.0518. The molecule has 14 heavy (non-hydrogen) atoms. The molecule has 5 heteroatoms. The lowest BCUT2D eigenvalue weighted by atomic mass is 10.4. The smallest absolute Gasteiger partial charge is 0.358 e. The van der Waals surface area contributed by atoms with Crippen molar-refractivity contribution < 1.29 is 9.53 Å². The van der Waals surface area contributed by atoms with Crippen molar-refractivity contribution in [2.45, 2.75) is 6.92 Å². The number of ether oxygens (including phenoxy) is 1. The van der Waals surface area contributed by atoms with Gasteiger partial charge >= 0.3 is 5.97 Å². The number of anilines is 1. The number of hydrogen-bond acceptors (Lipinski definition) is 4. The van der Waals surface area contributed by atoms with E-state index >= 15 is 0 Å². The average molecular weight is 197 g/mol. The van der Waals surface area contributed by atoms with Gasteiger partial charge in [0.05, 0.1) is 6.61 Å². The molecule has 0 aliphatic rings. The van der Waals surface area contributed by atoms with E-state index in [0.29, 0.717) is 12.3 Å².